The lowest BCUT2D eigenvalue weighted by atomic mass is 10.4. The molecule has 0 radical (unpaired) electrons. The molecule has 0 unspecified atom stereocenters. The van der Waals surface area contributed by atoms with Crippen LogP contribution in [0.4, 0.5) is 0 Å². The number of rotatable bonds is 1. The summed E-state index contributed by atoms with van der Waals surface area (Å²) in [5.74, 6) is -0.887. The SMILES string of the molecule is Cn1cccc1C(=O)O.S=S=S=S=S=S=S=S=S=S=S=S=S=S=S=S=S=S=S=S=S=S=S=S=S=S=S=S=S=S=S=S=S=S=S=S. The van der Waals surface area contributed by atoms with Crippen molar-refractivity contribution in [1.82, 2.24) is 4.57 Å². The van der Waals surface area contributed by atoms with Gasteiger partial charge in [0.15, 0.2) is 0 Å². The molecule has 1 N–H and O–H groups in total. The molecular weight excluding hydrogens is 1270 g/mol. The number of carbonyl (C=O) groups is 1. The lowest BCUT2D eigenvalue weighted by Gasteiger charge is -1.93. The Kier molecular flexibility index (Phi) is 51.7. The van der Waals surface area contributed by atoms with E-state index in [1.807, 2.05) is 178 Å². The summed E-state index contributed by atoms with van der Waals surface area (Å²) in [6, 6.07) is 3.26. The average Bonchev–Trinajstić information content (AvgIpc) is 3.48. The van der Waals surface area contributed by atoms with E-state index in [1.165, 1.54) is 17.8 Å². The first kappa shape index (κ1) is 51.7. The average molecular weight is 1280 g/mol. The topological polar surface area (TPSA) is 42.2 Å². The predicted molar refractivity (Wildman–Crippen MR) is 298 cm³/mol. The van der Waals surface area contributed by atoms with Crippen molar-refractivity contribution in [1.29, 1.82) is 0 Å². The van der Waals surface area contributed by atoms with Crippen molar-refractivity contribution in [3.8, 4) is 0 Å². The van der Waals surface area contributed by atoms with E-state index in [4.69, 9.17) is 27.5 Å². The molecule has 0 saturated heterocycles. The van der Waals surface area contributed by atoms with Gasteiger partial charge in [0.25, 0.3) is 0 Å². The predicted octanol–water partition coefficient (Wildman–Crippen LogP) is 0.637. The van der Waals surface area contributed by atoms with Gasteiger partial charge in [0.1, 0.15) is 5.69 Å². The third kappa shape index (κ3) is 41.7. The fourth-order valence-corrected chi connectivity index (χ4v) is 88.9. The number of hydrogen-bond donors (Lipinski definition) is 1. The van der Waals surface area contributed by atoms with Crippen LogP contribution in [0.5, 0.6) is 0 Å². The summed E-state index contributed by atoms with van der Waals surface area (Å²) in [5.41, 5.74) is 0.315. The maximum Gasteiger partial charge on any atom is 0.352 e. The molecule has 0 atom stereocenters. The summed E-state index contributed by atoms with van der Waals surface area (Å²) < 4.78 is 1.56. The van der Waals surface area contributed by atoms with Crippen molar-refractivity contribution in [2.45, 2.75) is 0 Å². The standard InChI is InChI=1S/C6H7NO2.S36/c1-7-4-2-3-5(7)6(8)9;1-3-5-7-9-11-13-15-17-19-21-23-25-27-29-31-33-35-36-34-32-30-28-26-24-22-20-18-16-14-12-10-8-6-4-2/h2-4H,1H3,(H,8,9);. The Balaban J connectivity index is 0.00000182. The molecule has 0 aromatic carbocycles. The Labute approximate surface area is 366 Å². The molecule has 1 heterocycles. The van der Waals surface area contributed by atoms with Crippen LogP contribution >= 0.6 is 0 Å². The monoisotopic (exact) mass is 1280 g/mol. The molecule has 264 valence electrons. The van der Waals surface area contributed by atoms with E-state index in [0.29, 0.717) is 5.69 Å². The molecule has 0 bridgehead atoms. The molecule has 0 amide bonds. The second kappa shape index (κ2) is 45.1. The van der Waals surface area contributed by atoms with Crippen LogP contribution in [0, 0.1) is 0 Å². The van der Waals surface area contributed by atoms with E-state index in [0.717, 1.165) is 0 Å². The lowest BCUT2D eigenvalue weighted by Crippen LogP contribution is -2.02. The van der Waals surface area contributed by atoms with Gasteiger partial charge in [-0.15, -0.1) is 0 Å². The van der Waals surface area contributed by atoms with Crippen molar-refractivity contribution in [2.75, 3.05) is 0 Å². The number of aromatic carboxylic acids is 1. The molecule has 39 heteroatoms. The maximum absolute atomic E-state index is 10.3. The van der Waals surface area contributed by atoms with Crippen LogP contribution < -0.4 is 0 Å². The molecule has 0 spiro atoms. The fraction of sp³-hybridized carbons (Fsp3) is 0.167. The summed E-state index contributed by atoms with van der Waals surface area (Å²) in [7, 11) is 61.8. The van der Waals surface area contributed by atoms with Crippen molar-refractivity contribution in [2.24, 2.45) is 7.05 Å². The second-order valence-electron chi connectivity index (χ2n) is 4.12. The third-order valence-corrected chi connectivity index (χ3v) is 75.4. The number of hydrogen-bond acceptors (Lipinski definition) is 3. The highest BCUT2D eigenvalue weighted by Crippen LogP contribution is 1.97. The molecule has 1 aromatic heterocycles. The normalized spacial score (nSPS) is 8.02. The molecule has 1 rings (SSSR count). The van der Waals surface area contributed by atoms with Gasteiger partial charge in [-0.05, 0) is 12.1 Å². The molecule has 45 heavy (non-hydrogen) atoms. The molecule has 1 aromatic rings. The number of aromatic nitrogens is 1. The van der Waals surface area contributed by atoms with Gasteiger partial charge in [0.05, 0.1) is 0 Å². The molecule has 0 aliphatic rings. The Hall–Kier alpha value is 6.67. The van der Waals surface area contributed by atoms with E-state index in [2.05, 4.69) is 0 Å². The minimum Gasteiger partial charge on any atom is -0.477 e. The number of carboxylic acids is 1. The maximum atomic E-state index is 10.3. The van der Waals surface area contributed by atoms with Crippen LogP contribution in [0.15, 0.2) is 18.3 Å². The van der Waals surface area contributed by atoms with Gasteiger partial charge in [-0.3, -0.25) is 0 Å². The summed E-state index contributed by atoms with van der Waals surface area (Å²) in [6.45, 7) is 0. The zero-order valence-electron chi connectivity index (χ0n) is 19.7. The smallest absolute Gasteiger partial charge is 0.352 e. The van der Waals surface area contributed by atoms with Crippen LogP contribution in [0.25, 0.3) is 0 Å². The first-order chi connectivity index (χ1) is 22.1. The highest BCUT2D eigenvalue weighted by molar-refractivity contribution is 8.80. The Morgan fingerprint density at radius 3 is 0.778 bits per heavy atom. The van der Waals surface area contributed by atoms with Crippen molar-refractivity contribution >= 4 is 330 Å². The third-order valence-electron chi connectivity index (χ3n) is 2.08. The Morgan fingerprint density at radius 1 is 0.467 bits per heavy atom. The van der Waals surface area contributed by atoms with Gasteiger partial charge in [0.2, 0.25) is 0 Å². The van der Waals surface area contributed by atoms with E-state index >= 15 is 0 Å². The number of nitrogens with zero attached hydrogens (tertiary/aromatic N) is 1. The summed E-state index contributed by atoms with van der Waals surface area (Å²) in [4.78, 5) is 10.3. The second-order valence-corrected chi connectivity index (χ2v) is 64.3. The summed E-state index contributed by atoms with van der Waals surface area (Å²) in [5, 5.41) is 8.43. The number of aryl methyl sites for hydroxylation is 1. The summed E-state index contributed by atoms with van der Waals surface area (Å²) >= 11 is 9.59. The van der Waals surface area contributed by atoms with Gasteiger partial charge < -0.3 is 9.67 Å². The van der Waals surface area contributed by atoms with E-state index in [1.54, 1.807) is 137 Å². The van der Waals surface area contributed by atoms with Crippen LogP contribution in [-0.4, -0.2) is 15.6 Å². The molecule has 3 nitrogen and oxygen atoms in total. The molecule has 0 aliphatic carbocycles. The molecule has 0 fully saturated rings. The molecule has 0 saturated carbocycles. The largest absolute Gasteiger partial charge is 0.477 e. The van der Waals surface area contributed by atoms with Gasteiger partial charge in [-0.25, -0.2) is 4.79 Å². The molecular formula is C6H7NO2S36. The fourth-order valence-electron chi connectivity index (χ4n) is 1.05. The first-order valence-electron chi connectivity index (χ1n) is 8.40. The van der Waals surface area contributed by atoms with E-state index in [9.17, 15) is 4.79 Å². The lowest BCUT2D eigenvalue weighted by molar-refractivity contribution is 0.0686. The van der Waals surface area contributed by atoms with Crippen LogP contribution in [0.1, 0.15) is 10.5 Å². The van der Waals surface area contributed by atoms with Gasteiger partial charge in [-0.2, -0.15) is 0 Å². The van der Waals surface area contributed by atoms with Crippen LogP contribution in [0.2, 0.25) is 0 Å². The van der Waals surface area contributed by atoms with Crippen molar-refractivity contribution < 1.29 is 9.90 Å². The minimum atomic E-state index is -0.887. The van der Waals surface area contributed by atoms with Gasteiger partial charge in [0, 0.05) is 338 Å². The highest BCUT2D eigenvalue weighted by atomic mass is 33.5. The zero-order valence-corrected chi connectivity index (χ0v) is 49.1. The van der Waals surface area contributed by atoms with Crippen LogP contribution in [0.3, 0.4) is 0 Å². The molecule has 0 aliphatic heterocycles. The summed E-state index contributed by atoms with van der Waals surface area (Å²) in [6.07, 6.45) is 1.70. The Morgan fingerprint density at radius 2 is 0.667 bits per heavy atom. The van der Waals surface area contributed by atoms with Crippen molar-refractivity contribution in [3.63, 3.8) is 0 Å². The van der Waals surface area contributed by atoms with Crippen LogP contribution in [-0.2, 0) is 331 Å². The highest BCUT2D eigenvalue weighted by Gasteiger charge is 2.03. The zero-order chi connectivity index (χ0) is 32.9. The van der Waals surface area contributed by atoms with E-state index < -0.39 is 5.97 Å². The van der Waals surface area contributed by atoms with Gasteiger partial charge >= 0.3 is 5.97 Å². The van der Waals surface area contributed by atoms with Crippen molar-refractivity contribution in [3.05, 3.63) is 24.0 Å². The minimum absolute atomic E-state index is 0.315. The quantitative estimate of drug-likeness (QED) is 0.450. The number of carboxylic acid groups (broad SMARTS) is 1. The van der Waals surface area contributed by atoms with E-state index in [-0.39, 0.29) is 0 Å². The first-order valence-corrected chi connectivity index (χ1v) is 55.1. The Bertz CT molecular complexity index is 2570. The van der Waals surface area contributed by atoms with Gasteiger partial charge in [-0.1, -0.05) is 0 Å².